The lowest BCUT2D eigenvalue weighted by atomic mass is 9.86. The van der Waals surface area contributed by atoms with Crippen LogP contribution in [0, 0.1) is 11.8 Å². The van der Waals surface area contributed by atoms with Crippen molar-refractivity contribution in [2.24, 2.45) is 22.6 Å². The van der Waals surface area contributed by atoms with Crippen molar-refractivity contribution in [2.45, 2.75) is 32.1 Å². The molecule has 1 saturated heterocycles. The molecule has 0 aromatic rings. The fraction of sp³-hybridized carbons (Fsp3) is 0.923. The van der Waals surface area contributed by atoms with E-state index in [0.717, 1.165) is 31.8 Å². The Morgan fingerprint density at radius 1 is 1.24 bits per heavy atom. The summed E-state index contributed by atoms with van der Waals surface area (Å²) in [6.45, 7) is 2.86. The molecule has 0 amide bonds. The minimum absolute atomic E-state index is 0. The van der Waals surface area contributed by atoms with Gasteiger partial charge in [-0.25, -0.2) is 12.7 Å². The molecule has 6 nitrogen and oxygen atoms in total. The van der Waals surface area contributed by atoms with Crippen molar-refractivity contribution < 1.29 is 8.42 Å². The summed E-state index contributed by atoms with van der Waals surface area (Å²) >= 11 is 0. The van der Waals surface area contributed by atoms with Gasteiger partial charge >= 0.3 is 0 Å². The van der Waals surface area contributed by atoms with Crippen molar-refractivity contribution in [3.8, 4) is 0 Å². The van der Waals surface area contributed by atoms with E-state index in [4.69, 9.17) is 5.73 Å². The van der Waals surface area contributed by atoms with Gasteiger partial charge in [0.2, 0.25) is 10.0 Å². The van der Waals surface area contributed by atoms with Crippen molar-refractivity contribution in [1.82, 2.24) is 9.62 Å². The number of hydrogen-bond donors (Lipinski definition) is 2. The zero-order chi connectivity index (χ0) is 14.6. The average Bonchev–Trinajstić information content (AvgIpc) is 2.34. The van der Waals surface area contributed by atoms with E-state index in [1.54, 1.807) is 4.31 Å². The van der Waals surface area contributed by atoms with Crippen LogP contribution >= 0.6 is 24.0 Å². The van der Waals surface area contributed by atoms with Crippen LogP contribution in [0.2, 0.25) is 0 Å². The highest BCUT2D eigenvalue weighted by Gasteiger charge is 2.24. The fourth-order valence-electron chi connectivity index (χ4n) is 2.65. The molecule has 0 radical (unpaired) electrons. The summed E-state index contributed by atoms with van der Waals surface area (Å²) in [7, 11) is -3.03. The number of hydrogen-bond acceptors (Lipinski definition) is 3. The quantitative estimate of drug-likeness (QED) is 0.387. The molecular formula is C13H27IN4O2S. The zero-order valence-corrected chi connectivity index (χ0v) is 15.8. The van der Waals surface area contributed by atoms with E-state index in [0.29, 0.717) is 25.0 Å². The highest BCUT2D eigenvalue weighted by atomic mass is 127. The first-order chi connectivity index (χ1) is 9.45. The van der Waals surface area contributed by atoms with Gasteiger partial charge in [0.25, 0.3) is 0 Å². The maximum Gasteiger partial charge on any atom is 0.211 e. The molecule has 1 heterocycles. The van der Waals surface area contributed by atoms with Gasteiger partial charge in [0.1, 0.15) is 0 Å². The first-order valence-corrected chi connectivity index (χ1v) is 9.29. The van der Waals surface area contributed by atoms with E-state index in [-0.39, 0.29) is 24.0 Å². The molecule has 1 aliphatic carbocycles. The Morgan fingerprint density at radius 3 is 2.33 bits per heavy atom. The van der Waals surface area contributed by atoms with Crippen LogP contribution in [0.3, 0.4) is 0 Å². The zero-order valence-electron chi connectivity index (χ0n) is 12.6. The molecule has 0 unspecified atom stereocenters. The predicted octanol–water partition coefficient (Wildman–Crippen LogP) is 0.980. The van der Waals surface area contributed by atoms with Crippen LogP contribution in [-0.4, -0.2) is 51.1 Å². The summed E-state index contributed by atoms with van der Waals surface area (Å²) in [5.74, 6) is 1.74. The van der Waals surface area contributed by atoms with E-state index >= 15 is 0 Å². The molecule has 0 bridgehead atoms. The maximum atomic E-state index is 11.4. The molecular weight excluding hydrogens is 403 g/mol. The van der Waals surface area contributed by atoms with Gasteiger partial charge in [-0.15, -0.1) is 24.0 Å². The number of guanidine groups is 1. The number of sulfonamides is 1. The van der Waals surface area contributed by atoms with E-state index in [2.05, 4.69) is 10.3 Å². The Labute approximate surface area is 145 Å². The highest BCUT2D eigenvalue weighted by Crippen LogP contribution is 2.26. The molecule has 124 valence electrons. The molecule has 0 aromatic carbocycles. The SMILES string of the molecule is CS(=O)(=O)N1CCC(CNC(N)=NCC2CCC2)CC1.I. The molecule has 2 aliphatic rings. The third-order valence-electron chi connectivity index (χ3n) is 4.36. The topological polar surface area (TPSA) is 87.8 Å². The standard InChI is InChI=1S/C13H26N4O2S.HI/c1-20(18,19)17-7-5-12(6-8-17)10-16-13(14)15-9-11-3-2-4-11;/h11-12H,2-10H2,1H3,(H3,14,15,16);1H. The summed E-state index contributed by atoms with van der Waals surface area (Å²) in [6, 6.07) is 0. The largest absolute Gasteiger partial charge is 0.370 e. The number of halogens is 1. The lowest BCUT2D eigenvalue weighted by molar-refractivity contribution is 0.275. The normalized spacial score (nSPS) is 22.4. The first kappa shape index (κ1) is 19.0. The lowest BCUT2D eigenvalue weighted by Crippen LogP contribution is -2.42. The van der Waals surface area contributed by atoms with Crippen LogP contribution < -0.4 is 11.1 Å². The van der Waals surface area contributed by atoms with Crippen LogP contribution in [0.15, 0.2) is 4.99 Å². The summed E-state index contributed by atoms with van der Waals surface area (Å²) < 4.78 is 24.4. The van der Waals surface area contributed by atoms with Gasteiger partial charge in [-0.2, -0.15) is 0 Å². The molecule has 1 aliphatic heterocycles. The minimum Gasteiger partial charge on any atom is -0.370 e. The third-order valence-corrected chi connectivity index (χ3v) is 5.66. The predicted molar refractivity (Wildman–Crippen MR) is 96.4 cm³/mol. The molecule has 1 saturated carbocycles. The van der Waals surface area contributed by atoms with Gasteiger partial charge in [-0.05, 0) is 37.5 Å². The second kappa shape index (κ2) is 8.52. The average molecular weight is 430 g/mol. The van der Waals surface area contributed by atoms with Gasteiger partial charge < -0.3 is 11.1 Å². The molecule has 21 heavy (non-hydrogen) atoms. The number of piperidine rings is 1. The second-order valence-corrected chi connectivity index (χ2v) is 7.99. The van der Waals surface area contributed by atoms with Crippen LogP contribution in [-0.2, 0) is 10.0 Å². The summed E-state index contributed by atoms with van der Waals surface area (Å²) in [6.07, 6.45) is 6.93. The van der Waals surface area contributed by atoms with Crippen molar-refractivity contribution in [3.63, 3.8) is 0 Å². The van der Waals surface area contributed by atoms with Crippen LogP contribution in [0.25, 0.3) is 0 Å². The number of nitrogens with two attached hydrogens (primary N) is 1. The highest BCUT2D eigenvalue weighted by molar-refractivity contribution is 14.0. The molecule has 2 fully saturated rings. The third kappa shape index (κ3) is 6.27. The van der Waals surface area contributed by atoms with Crippen molar-refractivity contribution >= 4 is 40.0 Å². The molecule has 0 atom stereocenters. The Kier molecular flexibility index (Phi) is 7.69. The summed E-state index contributed by atoms with van der Waals surface area (Å²) in [5, 5.41) is 3.17. The summed E-state index contributed by atoms with van der Waals surface area (Å²) in [4.78, 5) is 4.36. The lowest BCUT2D eigenvalue weighted by Gasteiger charge is -2.30. The number of nitrogens with zero attached hydrogens (tertiary/aromatic N) is 2. The van der Waals surface area contributed by atoms with Gasteiger partial charge in [-0.1, -0.05) is 6.42 Å². The van der Waals surface area contributed by atoms with Crippen LogP contribution in [0.4, 0.5) is 0 Å². The Bertz CT molecular complexity index is 443. The minimum atomic E-state index is -3.03. The van der Waals surface area contributed by atoms with E-state index in [9.17, 15) is 8.42 Å². The van der Waals surface area contributed by atoms with Gasteiger partial charge in [-0.3, -0.25) is 4.99 Å². The van der Waals surface area contributed by atoms with E-state index in [1.165, 1.54) is 25.5 Å². The monoisotopic (exact) mass is 430 g/mol. The Morgan fingerprint density at radius 2 is 1.86 bits per heavy atom. The van der Waals surface area contributed by atoms with Gasteiger partial charge in [0, 0.05) is 26.2 Å². The number of rotatable bonds is 5. The van der Waals surface area contributed by atoms with Gasteiger partial charge in [0.05, 0.1) is 6.26 Å². The van der Waals surface area contributed by atoms with Gasteiger partial charge in [0.15, 0.2) is 5.96 Å². The number of aliphatic imine (C=N–C) groups is 1. The number of nitrogens with one attached hydrogen (secondary N) is 1. The maximum absolute atomic E-state index is 11.4. The first-order valence-electron chi connectivity index (χ1n) is 7.44. The Balaban J connectivity index is 0.00000220. The molecule has 0 spiro atoms. The van der Waals surface area contributed by atoms with E-state index < -0.39 is 10.0 Å². The van der Waals surface area contributed by atoms with Crippen LogP contribution in [0.1, 0.15) is 32.1 Å². The molecule has 3 N–H and O–H groups in total. The molecule has 0 aromatic heterocycles. The molecule has 2 rings (SSSR count). The Hall–Kier alpha value is -0.0900. The smallest absolute Gasteiger partial charge is 0.211 e. The van der Waals surface area contributed by atoms with Crippen molar-refractivity contribution in [3.05, 3.63) is 0 Å². The van der Waals surface area contributed by atoms with Crippen molar-refractivity contribution in [1.29, 1.82) is 0 Å². The molecule has 8 heteroatoms. The fourth-order valence-corrected chi connectivity index (χ4v) is 3.53. The van der Waals surface area contributed by atoms with Crippen LogP contribution in [0.5, 0.6) is 0 Å². The second-order valence-electron chi connectivity index (χ2n) is 6.01. The van der Waals surface area contributed by atoms with Crippen molar-refractivity contribution in [2.75, 3.05) is 32.4 Å². The summed E-state index contributed by atoms with van der Waals surface area (Å²) in [5.41, 5.74) is 5.85. The van der Waals surface area contributed by atoms with E-state index in [1.807, 2.05) is 0 Å².